The van der Waals surface area contributed by atoms with E-state index >= 15 is 0 Å². The molecule has 0 atom stereocenters. The van der Waals surface area contributed by atoms with Gasteiger partial charge >= 0.3 is 0 Å². The molecule has 0 saturated carbocycles. The van der Waals surface area contributed by atoms with Crippen molar-refractivity contribution >= 4 is 12.1 Å². The molecule has 0 spiro atoms. The van der Waals surface area contributed by atoms with Gasteiger partial charge in [0.1, 0.15) is 0 Å². The van der Waals surface area contributed by atoms with Gasteiger partial charge in [0.15, 0.2) is 12.1 Å². The second-order valence-corrected chi connectivity index (χ2v) is 4.42. The van der Waals surface area contributed by atoms with Crippen LogP contribution in [0.5, 0.6) is 0 Å². The Hall–Kier alpha value is -2.16. The van der Waals surface area contributed by atoms with E-state index in [0.29, 0.717) is 24.1 Å². The van der Waals surface area contributed by atoms with Crippen LogP contribution in [0.4, 0.5) is 0 Å². The fourth-order valence-electron chi connectivity index (χ4n) is 2.03. The third-order valence-corrected chi connectivity index (χ3v) is 3.12. The van der Waals surface area contributed by atoms with E-state index in [1.54, 1.807) is 12.1 Å². The molecule has 1 aromatic heterocycles. The number of H-pyrrole nitrogens is 1. The van der Waals surface area contributed by atoms with Crippen LogP contribution in [0, 0.1) is 13.8 Å². The molecule has 2 rings (SSSR count). The van der Waals surface area contributed by atoms with Crippen LogP contribution in [0.25, 0.3) is 0 Å². The third-order valence-electron chi connectivity index (χ3n) is 3.12. The Morgan fingerprint density at radius 2 is 1.83 bits per heavy atom. The van der Waals surface area contributed by atoms with Crippen LogP contribution in [0.3, 0.4) is 0 Å². The van der Waals surface area contributed by atoms with E-state index in [9.17, 15) is 9.59 Å². The van der Waals surface area contributed by atoms with Crippen LogP contribution in [0.15, 0.2) is 30.3 Å². The Bertz CT molecular complexity index is 576. The predicted octanol–water partition coefficient (Wildman–Crippen LogP) is 2.87. The van der Waals surface area contributed by atoms with E-state index in [1.807, 2.05) is 32.0 Å². The normalized spacial score (nSPS) is 10.3. The zero-order valence-electron chi connectivity index (χ0n) is 10.5. The van der Waals surface area contributed by atoms with E-state index < -0.39 is 0 Å². The highest BCUT2D eigenvalue weighted by Crippen LogP contribution is 2.16. The molecule has 92 valence electrons. The average Bonchev–Trinajstić information content (AvgIpc) is 2.82. The fraction of sp³-hybridized carbons (Fsp3) is 0.200. The summed E-state index contributed by atoms with van der Waals surface area (Å²) < 4.78 is 0. The third kappa shape index (κ3) is 2.40. The zero-order chi connectivity index (χ0) is 13.1. The minimum atomic E-state index is 0.000463. The lowest BCUT2D eigenvalue weighted by Gasteiger charge is -2.08. The van der Waals surface area contributed by atoms with Gasteiger partial charge in [0.05, 0.1) is 11.4 Å². The average molecular weight is 241 g/mol. The van der Waals surface area contributed by atoms with Crippen LogP contribution >= 0.6 is 0 Å². The van der Waals surface area contributed by atoms with Gasteiger partial charge in [0, 0.05) is 6.42 Å². The van der Waals surface area contributed by atoms with Gasteiger partial charge < -0.3 is 4.98 Å². The number of aryl methyl sites for hydroxylation is 2. The number of nitrogens with one attached hydrogen (secondary N) is 1. The second kappa shape index (κ2) is 5.00. The van der Waals surface area contributed by atoms with Gasteiger partial charge in [-0.3, -0.25) is 9.59 Å². The minimum Gasteiger partial charge on any atom is -0.350 e. The molecule has 1 heterocycles. The summed E-state index contributed by atoms with van der Waals surface area (Å²) in [4.78, 5) is 25.5. The number of aromatic nitrogens is 1. The summed E-state index contributed by atoms with van der Waals surface area (Å²) in [7, 11) is 0. The number of hydrogen-bond donors (Lipinski definition) is 1. The molecular formula is C15H15NO2. The highest BCUT2D eigenvalue weighted by Gasteiger charge is 2.12. The lowest BCUT2D eigenvalue weighted by atomic mass is 9.97. The molecule has 0 radical (unpaired) electrons. The van der Waals surface area contributed by atoms with Crippen LogP contribution < -0.4 is 0 Å². The van der Waals surface area contributed by atoms with Crippen LogP contribution in [-0.4, -0.2) is 17.1 Å². The van der Waals surface area contributed by atoms with Gasteiger partial charge in [0.2, 0.25) is 0 Å². The number of ketones is 1. The standard InChI is InChI=1S/C15H15NO2/c1-10-4-3-5-11(2)13(10)8-15(18)14-7-6-12(9-17)16-14/h3-7,9,16H,8H2,1-2H3. The molecule has 0 aliphatic carbocycles. The van der Waals surface area contributed by atoms with E-state index in [1.165, 1.54) is 0 Å². The number of carbonyl (C=O) groups excluding carboxylic acids is 2. The molecule has 18 heavy (non-hydrogen) atoms. The summed E-state index contributed by atoms with van der Waals surface area (Å²) in [5, 5.41) is 0. The summed E-state index contributed by atoms with van der Waals surface area (Å²) in [6.07, 6.45) is 1.06. The molecule has 0 aliphatic rings. The number of benzene rings is 1. The molecule has 3 heteroatoms. The Balaban J connectivity index is 2.23. The molecule has 1 N–H and O–H groups in total. The monoisotopic (exact) mass is 241 g/mol. The smallest absolute Gasteiger partial charge is 0.183 e. The van der Waals surface area contributed by atoms with Gasteiger partial charge in [-0.25, -0.2) is 0 Å². The summed E-state index contributed by atoms with van der Waals surface area (Å²) in [5.41, 5.74) is 4.21. The molecule has 0 fully saturated rings. The van der Waals surface area contributed by atoms with Gasteiger partial charge in [-0.15, -0.1) is 0 Å². The summed E-state index contributed by atoms with van der Waals surface area (Å²) >= 11 is 0. The van der Waals surface area contributed by atoms with Crippen molar-refractivity contribution in [2.45, 2.75) is 20.3 Å². The van der Waals surface area contributed by atoms with Gasteiger partial charge in [-0.1, -0.05) is 18.2 Å². The Kier molecular flexibility index (Phi) is 3.42. The SMILES string of the molecule is Cc1cccc(C)c1CC(=O)c1ccc(C=O)[nH]1. The lowest BCUT2D eigenvalue weighted by Crippen LogP contribution is -2.07. The molecular weight excluding hydrogens is 226 g/mol. The number of rotatable bonds is 4. The van der Waals surface area contributed by atoms with E-state index in [0.717, 1.165) is 16.7 Å². The number of carbonyl (C=O) groups is 2. The molecule has 0 amide bonds. The fourth-order valence-corrected chi connectivity index (χ4v) is 2.03. The zero-order valence-corrected chi connectivity index (χ0v) is 10.5. The maximum absolute atomic E-state index is 12.1. The largest absolute Gasteiger partial charge is 0.350 e. The molecule has 0 unspecified atom stereocenters. The quantitative estimate of drug-likeness (QED) is 0.661. The van der Waals surface area contributed by atoms with Crippen LogP contribution in [0.1, 0.15) is 37.7 Å². The van der Waals surface area contributed by atoms with Crippen molar-refractivity contribution in [3.05, 3.63) is 58.4 Å². The first-order valence-corrected chi connectivity index (χ1v) is 5.84. The van der Waals surface area contributed by atoms with Crippen molar-refractivity contribution in [3.8, 4) is 0 Å². The Labute approximate surface area is 106 Å². The topological polar surface area (TPSA) is 49.9 Å². The van der Waals surface area contributed by atoms with Crippen molar-refractivity contribution in [2.24, 2.45) is 0 Å². The Morgan fingerprint density at radius 3 is 2.39 bits per heavy atom. The first-order chi connectivity index (χ1) is 8.61. The van der Waals surface area contributed by atoms with E-state index in [2.05, 4.69) is 4.98 Å². The van der Waals surface area contributed by atoms with Crippen molar-refractivity contribution in [3.63, 3.8) is 0 Å². The number of aromatic amines is 1. The first kappa shape index (κ1) is 12.3. The minimum absolute atomic E-state index is 0.000463. The summed E-state index contributed by atoms with van der Waals surface area (Å²) in [5.74, 6) is 0.000463. The lowest BCUT2D eigenvalue weighted by molar-refractivity contribution is 0.0988. The van der Waals surface area contributed by atoms with Crippen LogP contribution in [0.2, 0.25) is 0 Å². The molecule has 0 saturated heterocycles. The molecule has 1 aromatic carbocycles. The van der Waals surface area contributed by atoms with Crippen molar-refractivity contribution in [1.82, 2.24) is 4.98 Å². The van der Waals surface area contributed by atoms with Gasteiger partial charge in [-0.2, -0.15) is 0 Å². The summed E-state index contributed by atoms with van der Waals surface area (Å²) in [6, 6.07) is 9.25. The molecule has 2 aromatic rings. The molecule has 0 bridgehead atoms. The van der Waals surface area contributed by atoms with Crippen molar-refractivity contribution in [2.75, 3.05) is 0 Å². The number of aldehydes is 1. The highest BCUT2D eigenvalue weighted by molar-refractivity contribution is 5.97. The van der Waals surface area contributed by atoms with Crippen molar-refractivity contribution < 1.29 is 9.59 Å². The van der Waals surface area contributed by atoms with E-state index in [-0.39, 0.29) is 5.78 Å². The van der Waals surface area contributed by atoms with Crippen LogP contribution in [-0.2, 0) is 6.42 Å². The maximum Gasteiger partial charge on any atom is 0.183 e. The van der Waals surface area contributed by atoms with E-state index in [4.69, 9.17) is 0 Å². The number of hydrogen-bond acceptors (Lipinski definition) is 2. The first-order valence-electron chi connectivity index (χ1n) is 5.84. The van der Waals surface area contributed by atoms with Gasteiger partial charge in [-0.05, 0) is 42.7 Å². The maximum atomic E-state index is 12.1. The van der Waals surface area contributed by atoms with Gasteiger partial charge in [0.25, 0.3) is 0 Å². The summed E-state index contributed by atoms with van der Waals surface area (Å²) in [6.45, 7) is 4.00. The van der Waals surface area contributed by atoms with Crippen molar-refractivity contribution in [1.29, 1.82) is 0 Å². The molecule has 0 aliphatic heterocycles. The highest BCUT2D eigenvalue weighted by atomic mass is 16.1. The molecule has 3 nitrogen and oxygen atoms in total. The number of Topliss-reactive ketones (excluding diaryl/α,β-unsaturated/α-hetero) is 1. The second-order valence-electron chi connectivity index (χ2n) is 4.42. The Morgan fingerprint density at radius 1 is 1.17 bits per heavy atom. The predicted molar refractivity (Wildman–Crippen MR) is 70.1 cm³/mol.